The molecule has 1 N–H and O–H groups in total. The highest BCUT2D eigenvalue weighted by atomic mass is 35.5. The van der Waals surface area contributed by atoms with Gasteiger partial charge in [-0.3, -0.25) is 4.79 Å². The van der Waals surface area contributed by atoms with Crippen molar-refractivity contribution in [2.24, 2.45) is 46.3 Å². The quantitative estimate of drug-likeness (QED) is 0.178. The molecule has 0 bridgehead atoms. The van der Waals surface area contributed by atoms with E-state index in [9.17, 15) is 9.59 Å². The van der Waals surface area contributed by atoms with Crippen LogP contribution in [0.15, 0.2) is 11.6 Å². The zero-order valence-corrected chi connectivity index (χ0v) is 27.9. The second kappa shape index (κ2) is 14.2. The maximum Gasteiger partial charge on any atom is 0.407 e. The van der Waals surface area contributed by atoms with E-state index in [0.717, 1.165) is 54.8 Å². The average Bonchev–Trinajstić information content (AvgIpc) is 3.29. The van der Waals surface area contributed by atoms with Crippen molar-refractivity contribution in [1.82, 2.24) is 10.2 Å². The summed E-state index contributed by atoms with van der Waals surface area (Å²) in [5, 5.41) is 2.66. The van der Waals surface area contributed by atoms with Crippen molar-refractivity contribution in [2.75, 3.05) is 31.4 Å². The highest BCUT2D eigenvalue weighted by Crippen LogP contribution is 2.67. The first kappa shape index (κ1) is 33.0. The van der Waals surface area contributed by atoms with E-state index in [0.29, 0.717) is 30.3 Å². The minimum absolute atomic E-state index is 0.0962. The Bertz CT molecular complexity index is 935. The molecule has 234 valence electrons. The van der Waals surface area contributed by atoms with Crippen LogP contribution in [0.1, 0.15) is 105 Å². The Hall–Kier alpha value is -0.940. The maximum absolute atomic E-state index is 12.6. The Morgan fingerprint density at radius 2 is 1.76 bits per heavy atom. The van der Waals surface area contributed by atoms with Crippen LogP contribution in [0.5, 0.6) is 0 Å². The van der Waals surface area contributed by atoms with Gasteiger partial charge in [0.15, 0.2) is 0 Å². The lowest BCUT2D eigenvalue weighted by Crippen LogP contribution is -2.51. The van der Waals surface area contributed by atoms with Gasteiger partial charge in [0.05, 0.1) is 0 Å². The van der Waals surface area contributed by atoms with Crippen LogP contribution in [0.25, 0.3) is 0 Å². The smallest absolute Gasteiger partial charge is 0.407 e. The number of hydrogen-bond donors (Lipinski definition) is 1. The Morgan fingerprint density at radius 1 is 1.02 bits per heavy atom. The minimum atomic E-state index is -0.508. The molecule has 2 amide bonds. The second-order valence-electron chi connectivity index (χ2n) is 14.7. The van der Waals surface area contributed by atoms with Crippen molar-refractivity contribution in [3.8, 4) is 0 Å². The maximum atomic E-state index is 12.6. The Labute approximate surface area is 259 Å². The molecule has 4 rings (SSSR count). The molecule has 5 nitrogen and oxygen atoms in total. The molecule has 41 heavy (non-hydrogen) atoms. The van der Waals surface area contributed by atoms with E-state index >= 15 is 0 Å². The van der Waals surface area contributed by atoms with Gasteiger partial charge in [-0.2, -0.15) is 0 Å². The molecule has 3 fully saturated rings. The van der Waals surface area contributed by atoms with Crippen molar-refractivity contribution in [3.05, 3.63) is 11.6 Å². The van der Waals surface area contributed by atoms with Crippen molar-refractivity contribution in [3.63, 3.8) is 0 Å². The van der Waals surface area contributed by atoms with Gasteiger partial charge in [0.25, 0.3) is 0 Å². The summed E-state index contributed by atoms with van der Waals surface area (Å²) < 4.78 is 5.83. The van der Waals surface area contributed by atoms with E-state index in [4.69, 9.17) is 27.9 Å². The summed E-state index contributed by atoms with van der Waals surface area (Å²) in [6, 6.07) is 0. The number of nitrogens with one attached hydrogen (secondary N) is 1. The molecular formula is C34H56Cl2N2O3. The number of halogens is 2. The van der Waals surface area contributed by atoms with Crippen LogP contribution in [0.2, 0.25) is 0 Å². The number of carbonyl (C=O) groups excluding carboxylic acids is 2. The van der Waals surface area contributed by atoms with Gasteiger partial charge in [-0.1, -0.05) is 65.5 Å². The predicted octanol–water partition coefficient (Wildman–Crippen LogP) is 8.43. The van der Waals surface area contributed by atoms with E-state index in [1.165, 1.54) is 56.9 Å². The molecule has 3 saturated carbocycles. The number of ether oxygens (including phenoxy) is 1. The van der Waals surface area contributed by atoms with Crippen LogP contribution in [0.4, 0.5) is 4.79 Å². The van der Waals surface area contributed by atoms with Gasteiger partial charge in [0, 0.05) is 31.3 Å². The van der Waals surface area contributed by atoms with Crippen LogP contribution < -0.4 is 5.32 Å². The average molecular weight is 612 g/mol. The van der Waals surface area contributed by atoms with E-state index in [-0.39, 0.29) is 24.0 Å². The summed E-state index contributed by atoms with van der Waals surface area (Å²) in [6.07, 6.45) is 15.6. The topological polar surface area (TPSA) is 58.6 Å². The van der Waals surface area contributed by atoms with Gasteiger partial charge in [0.2, 0.25) is 5.91 Å². The standard InChI is InChI=1S/C34H56Cl2N2O3/c1-23(2)7-6-8-24(3)28-11-12-29-27-10-9-25-21-26(13-15-33(25,4)30(27)14-16-34(28,29)5)41-32(40)37-22-31(39)38(19-17-35)20-18-36/h9,23-24,26-30H,6-8,10-22H2,1-5H3,(H,37,40)/t24-,26+,27+,28-,29+,30+,33+,34-/m1/s1. The minimum Gasteiger partial charge on any atom is -0.446 e. The fourth-order valence-electron chi connectivity index (χ4n) is 9.77. The van der Waals surface area contributed by atoms with Gasteiger partial charge in [-0.15, -0.1) is 23.2 Å². The lowest BCUT2D eigenvalue weighted by molar-refractivity contribution is -0.129. The van der Waals surface area contributed by atoms with Crippen LogP contribution in [-0.2, 0) is 9.53 Å². The molecule has 8 atom stereocenters. The van der Waals surface area contributed by atoms with Gasteiger partial charge in [-0.25, -0.2) is 4.79 Å². The fraction of sp³-hybridized carbons (Fsp3) is 0.882. The number of fused-ring (bicyclic) bond motifs is 5. The number of alkyl halides is 2. The molecule has 0 aromatic rings. The first-order valence-corrected chi connectivity index (χ1v) is 17.6. The number of allylic oxidation sites excluding steroid dienone is 1. The summed E-state index contributed by atoms with van der Waals surface area (Å²) in [4.78, 5) is 26.6. The molecule has 0 heterocycles. The molecule has 0 unspecified atom stereocenters. The zero-order chi connectivity index (χ0) is 29.8. The lowest BCUT2D eigenvalue weighted by atomic mass is 9.47. The van der Waals surface area contributed by atoms with Crippen LogP contribution in [0, 0.1) is 46.3 Å². The van der Waals surface area contributed by atoms with Crippen molar-refractivity contribution in [1.29, 1.82) is 0 Å². The number of hydrogen-bond acceptors (Lipinski definition) is 3. The molecule has 0 aliphatic heterocycles. The number of nitrogens with zero attached hydrogens (tertiary/aromatic N) is 1. The summed E-state index contributed by atoms with van der Waals surface area (Å²) in [7, 11) is 0. The van der Waals surface area contributed by atoms with Gasteiger partial charge in [0.1, 0.15) is 12.6 Å². The third-order valence-electron chi connectivity index (χ3n) is 12.0. The monoisotopic (exact) mass is 610 g/mol. The molecule has 0 aromatic carbocycles. The molecule has 0 aromatic heterocycles. The molecule has 0 spiro atoms. The van der Waals surface area contributed by atoms with Crippen LogP contribution in [-0.4, -0.2) is 54.4 Å². The molecule has 0 saturated heterocycles. The molecule has 0 radical (unpaired) electrons. The summed E-state index contributed by atoms with van der Waals surface area (Å²) >= 11 is 11.6. The highest BCUT2D eigenvalue weighted by molar-refractivity contribution is 6.18. The number of rotatable bonds is 12. The van der Waals surface area contributed by atoms with Crippen molar-refractivity contribution < 1.29 is 14.3 Å². The van der Waals surface area contributed by atoms with Gasteiger partial charge in [-0.05, 0) is 91.3 Å². The second-order valence-corrected chi connectivity index (χ2v) is 15.4. The lowest BCUT2D eigenvalue weighted by Gasteiger charge is -2.58. The normalized spacial score (nSPS) is 35.1. The SMILES string of the molecule is CC(C)CCC[C@@H](C)[C@H]1CC[C@H]2[C@@H]3CC=C4C[C@@H](OC(=O)NCC(=O)N(CCCl)CCCl)CC[C@]4(C)[C@H]3CC[C@]12C. The zero-order valence-electron chi connectivity index (χ0n) is 26.4. The van der Waals surface area contributed by atoms with Crippen molar-refractivity contribution in [2.45, 2.75) is 111 Å². The summed E-state index contributed by atoms with van der Waals surface area (Å²) in [5.41, 5.74) is 2.23. The van der Waals surface area contributed by atoms with E-state index in [2.05, 4.69) is 46.0 Å². The number of amides is 2. The summed E-state index contributed by atoms with van der Waals surface area (Å²) in [6.45, 7) is 13.2. The van der Waals surface area contributed by atoms with E-state index in [1.807, 2.05) is 0 Å². The highest BCUT2D eigenvalue weighted by Gasteiger charge is 2.59. The first-order chi connectivity index (χ1) is 19.5. The summed E-state index contributed by atoms with van der Waals surface area (Å²) in [5.74, 6) is 5.40. The van der Waals surface area contributed by atoms with Crippen LogP contribution in [0.3, 0.4) is 0 Å². The van der Waals surface area contributed by atoms with E-state index < -0.39 is 6.09 Å². The molecular weight excluding hydrogens is 555 g/mol. The largest absolute Gasteiger partial charge is 0.446 e. The third kappa shape index (κ3) is 7.24. The Balaban J connectivity index is 1.33. The molecule has 4 aliphatic carbocycles. The van der Waals surface area contributed by atoms with Crippen molar-refractivity contribution >= 4 is 35.2 Å². The Morgan fingerprint density at radius 3 is 2.44 bits per heavy atom. The third-order valence-corrected chi connectivity index (χ3v) is 12.3. The number of alkyl carbamates (subject to hydrolysis) is 1. The molecule has 7 heteroatoms. The molecule has 4 aliphatic rings. The van der Waals surface area contributed by atoms with Gasteiger partial charge >= 0.3 is 6.09 Å². The van der Waals surface area contributed by atoms with Gasteiger partial charge < -0.3 is 15.0 Å². The first-order valence-electron chi connectivity index (χ1n) is 16.6. The van der Waals surface area contributed by atoms with E-state index in [1.54, 1.807) is 4.90 Å². The van der Waals surface area contributed by atoms with Crippen LogP contribution >= 0.6 is 23.2 Å². The Kier molecular flexibility index (Phi) is 11.4. The fourth-order valence-corrected chi connectivity index (χ4v) is 10.2. The predicted molar refractivity (Wildman–Crippen MR) is 169 cm³/mol. The number of carbonyl (C=O) groups is 2.